The normalized spacial score (nSPS) is 10.8. The topological polar surface area (TPSA) is 87.0 Å². The molecule has 0 unspecified atom stereocenters. The number of benzene rings is 1. The van der Waals surface area contributed by atoms with Gasteiger partial charge < -0.3 is 16.2 Å². The van der Waals surface area contributed by atoms with Crippen molar-refractivity contribution in [1.29, 1.82) is 0 Å². The van der Waals surface area contributed by atoms with Crippen LogP contribution >= 0.6 is 22.6 Å². The van der Waals surface area contributed by atoms with Crippen molar-refractivity contribution in [3.8, 4) is 11.5 Å². The molecular formula is C14H17IN4O. The van der Waals surface area contributed by atoms with Gasteiger partial charge in [-0.3, -0.25) is 0 Å². The summed E-state index contributed by atoms with van der Waals surface area (Å²) in [5, 5.41) is 0. The summed E-state index contributed by atoms with van der Waals surface area (Å²) in [6.45, 7) is 6.33. The van der Waals surface area contributed by atoms with E-state index in [0.29, 0.717) is 11.7 Å². The van der Waals surface area contributed by atoms with Gasteiger partial charge in [-0.25, -0.2) is 4.98 Å². The molecule has 0 amide bonds. The van der Waals surface area contributed by atoms with E-state index in [0.717, 1.165) is 14.9 Å². The van der Waals surface area contributed by atoms with Crippen molar-refractivity contribution in [2.24, 2.45) is 0 Å². The summed E-state index contributed by atoms with van der Waals surface area (Å²) < 4.78 is 7.02. The minimum Gasteiger partial charge on any atom is -0.452 e. The summed E-state index contributed by atoms with van der Waals surface area (Å²) in [5.74, 6) is 1.91. The lowest BCUT2D eigenvalue weighted by molar-refractivity contribution is 0.470. The highest BCUT2D eigenvalue weighted by Crippen LogP contribution is 2.35. The van der Waals surface area contributed by atoms with Crippen molar-refractivity contribution >= 4 is 34.4 Å². The van der Waals surface area contributed by atoms with Gasteiger partial charge in [0.15, 0.2) is 11.6 Å². The highest BCUT2D eigenvalue weighted by molar-refractivity contribution is 14.1. The maximum Gasteiger partial charge on any atom is 0.222 e. The maximum atomic E-state index is 5.88. The third kappa shape index (κ3) is 3.12. The first-order valence-electron chi connectivity index (χ1n) is 6.24. The molecule has 106 valence electrons. The van der Waals surface area contributed by atoms with Gasteiger partial charge >= 0.3 is 0 Å². The van der Waals surface area contributed by atoms with Gasteiger partial charge in [0.2, 0.25) is 5.95 Å². The van der Waals surface area contributed by atoms with Crippen LogP contribution in [0.3, 0.4) is 0 Å². The standard InChI is InChI=1S/C14H17IN4O/c1-7(2)9-4-8(3)10(15)5-11(9)20-12-6-18-14(17)19-13(12)16/h4-7H,1-3H3,(H4,16,17,18,19). The molecule has 2 aromatic rings. The van der Waals surface area contributed by atoms with Crippen molar-refractivity contribution in [3.63, 3.8) is 0 Å². The zero-order valence-corrected chi connectivity index (χ0v) is 13.8. The molecule has 0 atom stereocenters. The number of nitrogens with zero attached hydrogens (tertiary/aromatic N) is 2. The molecule has 5 nitrogen and oxygen atoms in total. The van der Waals surface area contributed by atoms with Gasteiger partial charge in [0.25, 0.3) is 0 Å². The van der Waals surface area contributed by atoms with E-state index in [2.05, 4.69) is 59.4 Å². The van der Waals surface area contributed by atoms with Crippen LogP contribution in [0.1, 0.15) is 30.9 Å². The summed E-state index contributed by atoms with van der Waals surface area (Å²) in [5.41, 5.74) is 13.6. The fourth-order valence-corrected chi connectivity index (χ4v) is 2.26. The van der Waals surface area contributed by atoms with Crippen LogP contribution in [0.15, 0.2) is 18.3 Å². The molecule has 1 aromatic carbocycles. The molecule has 0 aliphatic carbocycles. The predicted molar refractivity (Wildman–Crippen MR) is 88.9 cm³/mol. The number of aromatic nitrogens is 2. The highest BCUT2D eigenvalue weighted by atomic mass is 127. The fourth-order valence-electron chi connectivity index (χ4n) is 1.82. The van der Waals surface area contributed by atoms with Gasteiger partial charge in [-0.2, -0.15) is 4.98 Å². The Kier molecular flexibility index (Phi) is 4.32. The fraction of sp³-hybridized carbons (Fsp3) is 0.286. The Morgan fingerprint density at radius 2 is 1.90 bits per heavy atom. The van der Waals surface area contributed by atoms with Crippen LogP contribution in [0.25, 0.3) is 0 Å². The van der Waals surface area contributed by atoms with Gasteiger partial charge in [-0.15, -0.1) is 0 Å². The van der Waals surface area contributed by atoms with E-state index >= 15 is 0 Å². The smallest absolute Gasteiger partial charge is 0.222 e. The molecule has 0 aliphatic rings. The Bertz CT molecular complexity index is 643. The van der Waals surface area contributed by atoms with Crippen LogP contribution in [0.4, 0.5) is 11.8 Å². The van der Waals surface area contributed by atoms with Gasteiger partial charge in [-0.1, -0.05) is 19.9 Å². The molecule has 0 spiro atoms. The number of nitrogens with two attached hydrogens (primary N) is 2. The number of halogens is 1. The van der Waals surface area contributed by atoms with Crippen LogP contribution in [-0.4, -0.2) is 9.97 Å². The molecule has 20 heavy (non-hydrogen) atoms. The summed E-state index contributed by atoms with van der Waals surface area (Å²) >= 11 is 2.28. The number of rotatable bonds is 3. The van der Waals surface area contributed by atoms with E-state index in [1.54, 1.807) is 0 Å². The maximum absolute atomic E-state index is 5.88. The van der Waals surface area contributed by atoms with E-state index in [1.807, 2.05) is 6.07 Å². The van der Waals surface area contributed by atoms with Gasteiger partial charge in [0.1, 0.15) is 5.75 Å². The number of hydrogen-bond acceptors (Lipinski definition) is 5. The second kappa shape index (κ2) is 5.82. The molecule has 0 saturated heterocycles. The van der Waals surface area contributed by atoms with Crippen molar-refractivity contribution in [2.45, 2.75) is 26.7 Å². The zero-order valence-electron chi connectivity index (χ0n) is 11.6. The quantitative estimate of drug-likeness (QED) is 0.792. The molecule has 2 rings (SSSR count). The summed E-state index contributed by atoms with van der Waals surface area (Å²) in [7, 11) is 0. The van der Waals surface area contributed by atoms with E-state index in [-0.39, 0.29) is 11.8 Å². The van der Waals surface area contributed by atoms with Crippen molar-refractivity contribution < 1.29 is 4.74 Å². The first kappa shape index (κ1) is 14.8. The van der Waals surface area contributed by atoms with Gasteiger partial charge in [0, 0.05) is 3.57 Å². The first-order valence-corrected chi connectivity index (χ1v) is 7.32. The molecule has 1 heterocycles. The Hall–Kier alpha value is -1.57. The van der Waals surface area contributed by atoms with Crippen LogP contribution in [-0.2, 0) is 0 Å². The molecule has 0 saturated carbocycles. The second-order valence-corrected chi connectivity index (χ2v) is 6.04. The van der Waals surface area contributed by atoms with Gasteiger partial charge in [0.05, 0.1) is 6.20 Å². The summed E-state index contributed by atoms with van der Waals surface area (Å²) in [6.07, 6.45) is 1.49. The number of anilines is 2. The summed E-state index contributed by atoms with van der Waals surface area (Å²) in [6, 6.07) is 4.14. The SMILES string of the molecule is Cc1cc(C(C)C)c(Oc2cnc(N)nc2N)cc1I. The molecule has 1 aromatic heterocycles. The van der Waals surface area contributed by atoms with Crippen molar-refractivity contribution in [1.82, 2.24) is 9.97 Å². The number of hydrogen-bond donors (Lipinski definition) is 2. The Morgan fingerprint density at radius 3 is 2.50 bits per heavy atom. The van der Waals surface area contributed by atoms with Gasteiger partial charge in [-0.05, 0) is 52.6 Å². The Morgan fingerprint density at radius 1 is 1.20 bits per heavy atom. The molecule has 0 aliphatic heterocycles. The number of aryl methyl sites for hydroxylation is 1. The van der Waals surface area contributed by atoms with E-state index in [1.165, 1.54) is 11.8 Å². The van der Waals surface area contributed by atoms with Crippen molar-refractivity contribution in [2.75, 3.05) is 11.5 Å². The highest BCUT2D eigenvalue weighted by Gasteiger charge is 2.13. The van der Waals surface area contributed by atoms with Crippen LogP contribution in [0.2, 0.25) is 0 Å². The molecular weight excluding hydrogens is 367 g/mol. The minimum atomic E-state index is 0.136. The molecule has 6 heteroatoms. The number of ether oxygens (including phenoxy) is 1. The van der Waals surface area contributed by atoms with Crippen molar-refractivity contribution in [3.05, 3.63) is 33.0 Å². The number of nitrogen functional groups attached to an aromatic ring is 2. The average molecular weight is 384 g/mol. The van der Waals surface area contributed by atoms with E-state index < -0.39 is 0 Å². The molecule has 0 radical (unpaired) electrons. The largest absolute Gasteiger partial charge is 0.452 e. The predicted octanol–water partition coefficient (Wildman–Crippen LogP) is 3.47. The lowest BCUT2D eigenvalue weighted by Crippen LogP contribution is -2.03. The van der Waals surface area contributed by atoms with Crippen LogP contribution in [0, 0.1) is 10.5 Å². The third-order valence-electron chi connectivity index (χ3n) is 2.93. The molecule has 0 fully saturated rings. The Labute approximate surface area is 131 Å². The summed E-state index contributed by atoms with van der Waals surface area (Å²) in [4.78, 5) is 7.81. The van der Waals surface area contributed by atoms with Crippen LogP contribution in [0.5, 0.6) is 11.5 Å². The van der Waals surface area contributed by atoms with E-state index in [4.69, 9.17) is 16.2 Å². The average Bonchev–Trinajstić information content (AvgIpc) is 2.36. The lowest BCUT2D eigenvalue weighted by Gasteiger charge is -2.16. The zero-order chi connectivity index (χ0) is 14.9. The Balaban J connectivity index is 2.44. The monoisotopic (exact) mass is 384 g/mol. The minimum absolute atomic E-state index is 0.136. The molecule has 4 N–H and O–H groups in total. The van der Waals surface area contributed by atoms with Crippen LogP contribution < -0.4 is 16.2 Å². The second-order valence-electron chi connectivity index (χ2n) is 4.87. The lowest BCUT2D eigenvalue weighted by atomic mass is 10.00. The molecule has 0 bridgehead atoms. The van der Waals surface area contributed by atoms with E-state index in [9.17, 15) is 0 Å². The first-order chi connectivity index (χ1) is 9.38. The third-order valence-corrected chi connectivity index (χ3v) is 4.10.